The molecule has 300 valence electrons. The number of para-hydroxylation sites is 1. The van der Waals surface area contributed by atoms with Crippen LogP contribution in [0.3, 0.4) is 0 Å². The van der Waals surface area contributed by atoms with Crippen LogP contribution in [0.25, 0.3) is 38.8 Å². The van der Waals surface area contributed by atoms with Gasteiger partial charge in [0.15, 0.2) is 0 Å². The van der Waals surface area contributed by atoms with Crippen molar-refractivity contribution in [2.45, 2.75) is 85.5 Å². The Morgan fingerprint density at radius 1 is 0.410 bits per heavy atom. The molecular weight excluding hydrogens is 737 g/mol. The van der Waals surface area contributed by atoms with Gasteiger partial charge < -0.3 is 14.4 Å². The Morgan fingerprint density at radius 3 is 1.43 bits per heavy atom. The van der Waals surface area contributed by atoms with Crippen molar-refractivity contribution in [2.24, 2.45) is 0 Å². The van der Waals surface area contributed by atoms with Gasteiger partial charge in [0.05, 0.1) is 22.6 Å². The largest absolute Gasteiger partial charge is 0.320 e. The maximum Gasteiger partial charge on any atom is 0.275 e. The fourth-order valence-electron chi connectivity index (χ4n) is 10.4. The minimum absolute atomic E-state index is 0.00849. The highest BCUT2D eigenvalue weighted by molar-refractivity contribution is 7.02. The van der Waals surface area contributed by atoms with Gasteiger partial charge in [-0.3, -0.25) is 0 Å². The third-order valence-electron chi connectivity index (χ3n) is 13.6. The number of hydrogen-bond acceptors (Lipinski definition) is 2. The molecular formula is C57H54BN3. The molecule has 7 aromatic carbocycles. The molecule has 0 aliphatic carbocycles. The minimum atomic E-state index is -0.0801. The third-order valence-corrected chi connectivity index (χ3v) is 13.6. The molecule has 0 bridgehead atoms. The van der Waals surface area contributed by atoms with Gasteiger partial charge in [0.2, 0.25) is 0 Å². The lowest BCUT2D eigenvalue weighted by molar-refractivity contribution is 0.590. The molecule has 1 aromatic heterocycles. The summed E-state index contributed by atoms with van der Waals surface area (Å²) in [6.07, 6.45) is 0. The molecule has 61 heavy (non-hydrogen) atoms. The second kappa shape index (κ2) is 12.9. The number of aryl methyl sites for hydroxylation is 1. The molecule has 4 heteroatoms. The van der Waals surface area contributed by atoms with Gasteiger partial charge in [-0.25, -0.2) is 0 Å². The van der Waals surface area contributed by atoms with Gasteiger partial charge in [0, 0.05) is 44.9 Å². The van der Waals surface area contributed by atoms with Gasteiger partial charge >= 0.3 is 0 Å². The first-order chi connectivity index (χ1) is 29.1. The molecule has 0 saturated heterocycles. The lowest BCUT2D eigenvalue weighted by atomic mass is 9.36. The zero-order valence-electron chi connectivity index (χ0n) is 37.3. The summed E-state index contributed by atoms with van der Waals surface area (Å²) < 4.78 is 2.64. The van der Waals surface area contributed by atoms with Crippen LogP contribution in [0.15, 0.2) is 146 Å². The predicted octanol–water partition coefficient (Wildman–Crippen LogP) is 13.6. The molecule has 3 aliphatic rings. The van der Waals surface area contributed by atoms with Crippen molar-refractivity contribution in [3.05, 3.63) is 168 Å². The fourth-order valence-corrected chi connectivity index (χ4v) is 10.4. The molecule has 0 amide bonds. The highest BCUT2D eigenvalue weighted by Gasteiger charge is 2.52. The topological polar surface area (TPSA) is 11.4 Å². The Hall–Kier alpha value is -6.26. The highest BCUT2D eigenvalue weighted by Crippen LogP contribution is 2.53. The Bertz CT molecular complexity index is 3100. The van der Waals surface area contributed by atoms with E-state index in [2.05, 4.69) is 229 Å². The average molecular weight is 792 g/mol. The van der Waals surface area contributed by atoms with Crippen LogP contribution in [0.1, 0.15) is 84.6 Å². The number of anilines is 6. The van der Waals surface area contributed by atoms with E-state index in [0.29, 0.717) is 0 Å². The molecule has 3 aliphatic heterocycles. The molecule has 0 spiro atoms. The van der Waals surface area contributed by atoms with Crippen LogP contribution in [-0.2, 0) is 16.2 Å². The molecule has 11 rings (SSSR count). The van der Waals surface area contributed by atoms with Crippen molar-refractivity contribution < 1.29 is 0 Å². The van der Waals surface area contributed by atoms with Gasteiger partial charge in [-0.05, 0) is 122 Å². The van der Waals surface area contributed by atoms with E-state index in [1.807, 2.05) is 0 Å². The summed E-state index contributed by atoms with van der Waals surface area (Å²) >= 11 is 0. The summed E-state index contributed by atoms with van der Waals surface area (Å²) in [5.74, 6) is 0. The summed E-state index contributed by atoms with van der Waals surface area (Å²) in [5, 5.41) is 1.28. The molecule has 4 heterocycles. The van der Waals surface area contributed by atoms with Crippen LogP contribution < -0.4 is 26.3 Å². The van der Waals surface area contributed by atoms with Crippen molar-refractivity contribution in [3.63, 3.8) is 0 Å². The van der Waals surface area contributed by atoms with Gasteiger partial charge in [0.25, 0.3) is 6.71 Å². The summed E-state index contributed by atoms with van der Waals surface area (Å²) in [4.78, 5) is 5.29. The third kappa shape index (κ3) is 5.57. The van der Waals surface area contributed by atoms with E-state index >= 15 is 0 Å². The maximum absolute atomic E-state index is 2.64. The zero-order valence-corrected chi connectivity index (χ0v) is 37.3. The first kappa shape index (κ1) is 37.7. The van der Waals surface area contributed by atoms with Crippen molar-refractivity contribution in [3.8, 4) is 27.9 Å². The molecule has 0 fully saturated rings. The summed E-state index contributed by atoms with van der Waals surface area (Å²) in [6.45, 7) is 23.4. The van der Waals surface area contributed by atoms with Gasteiger partial charge in [0.1, 0.15) is 0 Å². The van der Waals surface area contributed by atoms with Crippen LogP contribution in [0, 0.1) is 6.92 Å². The van der Waals surface area contributed by atoms with Crippen LogP contribution >= 0.6 is 0 Å². The van der Waals surface area contributed by atoms with Crippen molar-refractivity contribution in [1.82, 2.24) is 4.57 Å². The molecule has 8 aromatic rings. The Morgan fingerprint density at radius 2 is 0.869 bits per heavy atom. The average Bonchev–Trinajstić information content (AvgIpc) is 3.75. The van der Waals surface area contributed by atoms with Crippen molar-refractivity contribution >= 4 is 68.3 Å². The normalized spacial score (nSPS) is 14.0. The molecule has 3 nitrogen and oxygen atoms in total. The second-order valence-corrected chi connectivity index (χ2v) is 20.8. The van der Waals surface area contributed by atoms with Crippen LogP contribution in [0.2, 0.25) is 0 Å². The molecule has 0 radical (unpaired) electrons. The SMILES string of the molecule is Cc1cc2c3c(c1)N(c1ccc(C(C)(C)C)cc1-c1ccccc1)c1c4n(c5ccccc15)-c1cc(C(C)(C)C)cc(c1B34)N2c1ccc(C(C)(C)C)cc1-c1ccccc1. The van der Waals surface area contributed by atoms with Gasteiger partial charge in [-0.15, -0.1) is 0 Å². The number of rotatable bonds is 4. The molecule has 0 N–H and O–H groups in total. The monoisotopic (exact) mass is 791 g/mol. The maximum atomic E-state index is 2.64. The summed E-state index contributed by atoms with van der Waals surface area (Å²) in [5.41, 5.74) is 24.3. The molecule has 0 saturated carbocycles. The summed E-state index contributed by atoms with van der Waals surface area (Å²) in [7, 11) is 0. The van der Waals surface area contributed by atoms with E-state index in [0.717, 1.165) is 0 Å². The zero-order chi connectivity index (χ0) is 42.3. The van der Waals surface area contributed by atoms with Crippen molar-refractivity contribution in [2.75, 3.05) is 9.80 Å². The van der Waals surface area contributed by atoms with E-state index in [-0.39, 0.29) is 23.0 Å². The number of benzene rings is 7. The van der Waals surface area contributed by atoms with E-state index in [1.54, 1.807) is 0 Å². The van der Waals surface area contributed by atoms with Crippen molar-refractivity contribution in [1.29, 1.82) is 0 Å². The minimum Gasteiger partial charge on any atom is -0.320 e. The van der Waals surface area contributed by atoms with E-state index in [9.17, 15) is 0 Å². The summed E-state index contributed by atoms with van der Waals surface area (Å²) in [6, 6.07) is 55.6. The van der Waals surface area contributed by atoms with Crippen LogP contribution in [0.4, 0.5) is 34.1 Å². The predicted molar refractivity (Wildman–Crippen MR) is 263 cm³/mol. The van der Waals surface area contributed by atoms with Crippen LogP contribution in [-0.4, -0.2) is 11.3 Å². The van der Waals surface area contributed by atoms with Crippen LogP contribution in [0.5, 0.6) is 0 Å². The number of fused-ring (bicyclic) bond motifs is 4. The standard InChI is InChI=1S/C57H54BN3/c1-35-29-47-51-48(30-35)60(46-28-26-39(56(5,6)7)32-43(46)37-21-15-12-16-22-37)53-41-23-17-18-24-44(41)61-50-34-40(57(8,9)10)33-49(52(50)58(51)54(53)61)59(47)45-27-25-38(55(2,3)4)31-42(45)36-19-13-11-14-20-36/h11-34H,1-10H3. The first-order valence-corrected chi connectivity index (χ1v) is 22.1. The number of hydrogen-bond donors (Lipinski definition) is 0. The number of nitrogens with zero attached hydrogens (tertiary/aromatic N) is 3. The highest BCUT2D eigenvalue weighted by atomic mass is 15.2. The van der Waals surface area contributed by atoms with E-state index in [1.165, 1.54) is 112 Å². The first-order valence-electron chi connectivity index (χ1n) is 22.1. The lowest BCUT2D eigenvalue weighted by Gasteiger charge is -2.43. The quantitative estimate of drug-likeness (QED) is 0.165. The van der Waals surface area contributed by atoms with Gasteiger partial charge in [-0.1, -0.05) is 153 Å². The second-order valence-electron chi connectivity index (χ2n) is 20.8. The van der Waals surface area contributed by atoms with E-state index in [4.69, 9.17) is 0 Å². The van der Waals surface area contributed by atoms with E-state index < -0.39 is 0 Å². The number of aromatic nitrogens is 1. The lowest BCUT2D eigenvalue weighted by Crippen LogP contribution is -2.59. The Kier molecular flexibility index (Phi) is 7.96. The molecule has 0 atom stereocenters. The molecule has 0 unspecified atom stereocenters. The Labute approximate surface area is 362 Å². The van der Waals surface area contributed by atoms with Gasteiger partial charge in [-0.2, -0.15) is 0 Å². The Balaban J connectivity index is 1.30. The fraction of sp³-hybridized carbons (Fsp3) is 0.228. The smallest absolute Gasteiger partial charge is 0.275 e.